The van der Waals surface area contributed by atoms with Crippen LogP contribution in [0.2, 0.25) is 0 Å². The first-order valence-electron chi connectivity index (χ1n) is 6.10. The van der Waals surface area contributed by atoms with Crippen molar-refractivity contribution in [3.8, 4) is 0 Å². The quantitative estimate of drug-likeness (QED) is 0.778. The molecular formula is C13H11N3O4. The second-order valence-corrected chi connectivity index (χ2v) is 4.66. The molecule has 2 aromatic heterocycles. The molecule has 2 amide bonds. The molecule has 7 heteroatoms. The van der Waals surface area contributed by atoms with E-state index in [1.54, 1.807) is 22.7 Å². The van der Waals surface area contributed by atoms with Crippen LogP contribution in [0.15, 0.2) is 24.5 Å². The van der Waals surface area contributed by atoms with E-state index in [1.807, 2.05) is 0 Å². The molecule has 3 heterocycles. The lowest BCUT2D eigenvalue weighted by molar-refractivity contribution is -0.134. The Hall–Kier alpha value is -2.70. The predicted octanol–water partition coefficient (Wildman–Crippen LogP) is 0.553. The maximum Gasteiger partial charge on any atom is 0.356 e. The highest BCUT2D eigenvalue weighted by Gasteiger charge is 2.28. The number of carboxylic acids is 1. The molecule has 2 aromatic rings. The van der Waals surface area contributed by atoms with E-state index >= 15 is 0 Å². The third-order valence-corrected chi connectivity index (χ3v) is 3.33. The van der Waals surface area contributed by atoms with Gasteiger partial charge in [-0.3, -0.25) is 14.9 Å². The Bertz CT molecular complexity index is 734. The standard InChI is InChI=1S/C13H11N3O4/c17-11-4-2-8(12(18)15-11)7-1-3-10-14-9(13(19)20)6-16(10)5-7/h1,3,5-6,8H,2,4H2,(H,19,20)(H,15,17,18). The molecule has 1 saturated heterocycles. The Kier molecular flexibility index (Phi) is 2.74. The number of carbonyl (C=O) groups is 3. The second kappa shape index (κ2) is 4.44. The number of nitrogens with one attached hydrogen (secondary N) is 1. The van der Waals surface area contributed by atoms with Gasteiger partial charge in [-0.15, -0.1) is 0 Å². The highest BCUT2D eigenvalue weighted by Crippen LogP contribution is 2.25. The van der Waals surface area contributed by atoms with E-state index < -0.39 is 11.9 Å². The van der Waals surface area contributed by atoms with Gasteiger partial charge in [0, 0.05) is 18.8 Å². The molecule has 1 unspecified atom stereocenters. The number of pyridine rings is 1. The normalized spacial score (nSPS) is 19.1. The molecular weight excluding hydrogens is 262 g/mol. The molecule has 7 nitrogen and oxygen atoms in total. The Balaban J connectivity index is 1.98. The molecule has 1 aliphatic rings. The van der Waals surface area contributed by atoms with Crippen LogP contribution in [-0.2, 0) is 9.59 Å². The van der Waals surface area contributed by atoms with Crippen LogP contribution < -0.4 is 5.32 Å². The lowest BCUT2D eigenvalue weighted by Crippen LogP contribution is -2.39. The summed E-state index contributed by atoms with van der Waals surface area (Å²) in [5.41, 5.74) is 1.18. The summed E-state index contributed by atoms with van der Waals surface area (Å²) in [5, 5.41) is 11.2. The molecule has 102 valence electrons. The fraction of sp³-hybridized carbons (Fsp3) is 0.231. The Morgan fingerprint density at radius 1 is 1.35 bits per heavy atom. The molecule has 2 N–H and O–H groups in total. The van der Waals surface area contributed by atoms with Crippen LogP contribution >= 0.6 is 0 Å². The number of piperidine rings is 1. The van der Waals surface area contributed by atoms with Crippen molar-refractivity contribution < 1.29 is 19.5 Å². The molecule has 20 heavy (non-hydrogen) atoms. The zero-order valence-corrected chi connectivity index (χ0v) is 10.4. The monoisotopic (exact) mass is 273 g/mol. The van der Waals surface area contributed by atoms with Crippen LogP contribution in [-0.4, -0.2) is 32.3 Å². The Labute approximate surface area is 113 Å². The van der Waals surface area contributed by atoms with Crippen molar-refractivity contribution in [1.82, 2.24) is 14.7 Å². The number of fused-ring (bicyclic) bond motifs is 1. The van der Waals surface area contributed by atoms with Crippen molar-refractivity contribution in [2.24, 2.45) is 0 Å². The Morgan fingerprint density at radius 3 is 2.85 bits per heavy atom. The van der Waals surface area contributed by atoms with Gasteiger partial charge in [-0.2, -0.15) is 0 Å². The van der Waals surface area contributed by atoms with Gasteiger partial charge in [0.1, 0.15) is 5.65 Å². The van der Waals surface area contributed by atoms with Gasteiger partial charge in [0.2, 0.25) is 11.8 Å². The largest absolute Gasteiger partial charge is 0.476 e. The smallest absolute Gasteiger partial charge is 0.356 e. The van der Waals surface area contributed by atoms with E-state index in [4.69, 9.17) is 5.11 Å². The predicted molar refractivity (Wildman–Crippen MR) is 67.3 cm³/mol. The third kappa shape index (κ3) is 2.03. The number of rotatable bonds is 2. The van der Waals surface area contributed by atoms with E-state index in [2.05, 4.69) is 10.3 Å². The molecule has 1 aliphatic heterocycles. The summed E-state index contributed by atoms with van der Waals surface area (Å²) in [4.78, 5) is 37.7. The molecule has 1 fully saturated rings. The minimum absolute atomic E-state index is 0.0505. The fourth-order valence-electron chi connectivity index (χ4n) is 2.33. The first kappa shape index (κ1) is 12.3. The van der Waals surface area contributed by atoms with Gasteiger partial charge in [-0.25, -0.2) is 9.78 Å². The van der Waals surface area contributed by atoms with E-state index in [0.717, 1.165) is 5.56 Å². The molecule has 0 radical (unpaired) electrons. The molecule has 0 aromatic carbocycles. The van der Waals surface area contributed by atoms with Crippen LogP contribution in [0, 0.1) is 0 Å². The van der Waals surface area contributed by atoms with Gasteiger partial charge >= 0.3 is 5.97 Å². The van der Waals surface area contributed by atoms with Gasteiger partial charge < -0.3 is 9.51 Å². The molecule has 3 rings (SSSR count). The average molecular weight is 273 g/mol. The minimum atomic E-state index is -1.10. The van der Waals surface area contributed by atoms with Crippen molar-refractivity contribution >= 4 is 23.4 Å². The number of amides is 2. The van der Waals surface area contributed by atoms with Gasteiger partial charge in [-0.1, -0.05) is 6.07 Å². The number of carboxylic acid groups (broad SMARTS) is 1. The van der Waals surface area contributed by atoms with Crippen molar-refractivity contribution in [2.45, 2.75) is 18.8 Å². The fourth-order valence-corrected chi connectivity index (χ4v) is 2.33. The maximum atomic E-state index is 11.8. The van der Waals surface area contributed by atoms with Crippen molar-refractivity contribution in [3.63, 3.8) is 0 Å². The number of aromatic nitrogens is 2. The van der Waals surface area contributed by atoms with Crippen molar-refractivity contribution in [2.75, 3.05) is 0 Å². The molecule has 0 aliphatic carbocycles. The number of hydrogen-bond acceptors (Lipinski definition) is 4. The lowest BCUT2D eigenvalue weighted by Gasteiger charge is -2.20. The van der Waals surface area contributed by atoms with E-state index in [9.17, 15) is 14.4 Å². The van der Waals surface area contributed by atoms with Crippen LogP contribution in [0.1, 0.15) is 34.8 Å². The zero-order valence-electron chi connectivity index (χ0n) is 10.4. The lowest BCUT2D eigenvalue weighted by atomic mass is 9.92. The van der Waals surface area contributed by atoms with Crippen LogP contribution in [0.3, 0.4) is 0 Å². The maximum absolute atomic E-state index is 11.8. The number of imidazole rings is 1. The summed E-state index contributed by atoms with van der Waals surface area (Å²) in [7, 11) is 0. The number of hydrogen-bond donors (Lipinski definition) is 2. The summed E-state index contributed by atoms with van der Waals surface area (Å²) < 4.78 is 1.57. The first-order chi connectivity index (χ1) is 9.54. The summed E-state index contributed by atoms with van der Waals surface area (Å²) in [6, 6.07) is 3.39. The van der Waals surface area contributed by atoms with E-state index in [-0.39, 0.29) is 17.5 Å². The third-order valence-electron chi connectivity index (χ3n) is 3.33. The molecule has 0 bridgehead atoms. The van der Waals surface area contributed by atoms with E-state index in [0.29, 0.717) is 18.5 Å². The van der Waals surface area contributed by atoms with Crippen molar-refractivity contribution in [3.05, 3.63) is 35.8 Å². The van der Waals surface area contributed by atoms with Gasteiger partial charge in [-0.05, 0) is 18.1 Å². The minimum Gasteiger partial charge on any atom is -0.476 e. The van der Waals surface area contributed by atoms with Crippen LogP contribution in [0.4, 0.5) is 0 Å². The summed E-state index contributed by atoms with van der Waals surface area (Å²) in [5.74, 6) is -2.08. The molecule has 1 atom stereocenters. The van der Waals surface area contributed by atoms with E-state index in [1.165, 1.54) is 6.20 Å². The highest BCUT2D eigenvalue weighted by atomic mass is 16.4. The number of aromatic carboxylic acids is 1. The topological polar surface area (TPSA) is 101 Å². The first-order valence-corrected chi connectivity index (χ1v) is 6.10. The zero-order chi connectivity index (χ0) is 14.3. The number of nitrogens with zero attached hydrogens (tertiary/aromatic N) is 2. The molecule has 0 saturated carbocycles. The van der Waals surface area contributed by atoms with Gasteiger partial charge in [0.15, 0.2) is 5.69 Å². The Morgan fingerprint density at radius 2 is 2.15 bits per heavy atom. The highest BCUT2D eigenvalue weighted by molar-refractivity contribution is 6.00. The van der Waals surface area contributed by atoms with Crippen LogP contribution in [0.5, 0.6) is 0 Å². The summed E-state index contributed by atoms with van der Waals surface area (Å²) in [6.07, 6.45) is 3.83. The molecule has 0 spiro atoms. The summed E-state index contributed by atoms with van der Waals surface area (Å²) >= 11 is 0. The second-order valence-electron chi connectivity index (χ2n) is 4.66. The van der Waals surface area contributed by atoms with Gasteiger partial charge in [0.05, 0.1) is 5.92 Å². The number of imide groups is 1. The van der Waals surface area contributed by atoms with Crippen LogP contribution in [0.25, 0.3) is 5.65 Å². The summed E-state index contributed by atoms with van der Waals surface area (Å²) in [6.45, 7) is 0. The number of carbonyl (C=O) groups excluding carboxylic acids is 2. The van der Waals surface area contributed by atoms with Gasteiger partial charge in [0.25, 0.3) is 0 Å². The average Bonchev–Trinajstić information content (AvgIpc) is 2.81. The van der Waals surface area contributed by atoms with Crippen molar-refractivity contribution in [1.29, 1.82) is 0 Å². The SMILES string of the molecule is O=C1CCC(c2ccc3nc(C(=O)O)cn3c2)C(=O)N1.